The molecule has 1 saturated heterocycles. The Balaban J connectivity index is 1.12. The van der Waals surface area contributed by atoms with Crippen LogP contribution in [0.15, 0.2) is 48.7 Å². The molecule has 3 heterocycles. The van der Waals surface area contributed by atoms with Crippen LogP contribution in [0.3, 0.4) is 0 Å². The number of carbonyl (C=O) groups excluding carboxylic acids is 1. The summed E-state index contributed by atoms with van der Waals surface area (Å²) < 4.78 is 16.2. The molecule has 0 aliphatic carbocycles. The first-order valence-corrected chi connectivity index (χ1v) is 11.6. The molecule has 5 rings (SSSR count). The Labute approximate surface area is 198 Å². The number of amides is 1. The predicted octanol–water partition coefficient (Wildman–Crippen LogP) is 2.76. The van der Waals surface area contributed by atoms with Gasteiger partial charge in [-0.2, -0.15) is 5.10 Å². The molecule has 9 nitrogen and oxygen atoms in total. The fourth-order valence-electron chi connectivity index (χ4n) is 4.16. The van der Waals surface area contributed by atoms with Crippen molar-refractivity contribution in [3.8, 4) is 22.8 Å². The second kappa shape index (κ2) is 10.7. The van der Waals surface area contributed by atoms with Crippen LogP contribution < -0.4 is 20.1 Å². The predicted molar refractivity (Wildman–Crippen MR) is 128 cm³/mol. The largest absolute Gasteiger partial charge is 0.454 e. The Morgan fingerprint density at radius 2 is 1.94 bits per heavy atom. The number of fused-ring (bicyclic) bond motifs is 1. The fourth-order valence-corrected chi connectivity index (χ4v) is 4.16. The molecule has 1 fully saturated rings. The highest BCUT2D eigenvalue weighted by atomic mass is 16.7. The van der Waals surface area contributed by atoms with Crippen LogP contribution in [-0.4, -0.2) is 60.6 Å². The molecule has 2 aliphatic rings. The lowest BCUT2D eigenvalue weighted by Gasteiger charge is -2.26. The van der Waals surface area contributed by atoms with E-state index in [0.29, 0.717) is 19.5 Å². The molecule has 0 spiro atoms. The maximum atomic E-state index is 12.4. The van der Waals surface area contributed by atoms with E-state index in [0.717, 1.165) is 72.4 Å². The molecule has 1 amide bonds. The van der Waals surface area contributed by atoms with Crippen molar-refractivity contribution in [2.45, 2.75) is 19.5 Å². The van der Waals surface area contributed by atoms with E-state index < -0.39 is 0 Å². The van der Waals surface area contributed by atoms with Gasteiger partial charge in [-0.05, 0) is 35.9 Å². The van der Waals surface area contributed by atoms with Crippen LogP contribution in [0, 0.1) is 0 Å². The van der Waals surface area contributed by atoms with Gasteiger partial charge in [-0.25, -0.2) is 0 Å². The van der Waals surface area contributed by atoms with Gasteiger partial charge < -0.3 is 24.8 Å². The molecule has 0 bridgehead atoms. The molecule has 3 aromatic rings. The van der Waals surface area contributed by atoms with Crippen molar-refractivity contribution >= 4 is 11.6 Å². The van der Waals surface area contributed by atoms with Crippen LogP contribution >= 0.6 is 0 Å². The molecule has 0 unspecified atom stereocenters. The summed E-state index contributed by atoms with van der Waals surface area (Å²) in [6, 6.07) is 13.8. The maximum absolute atomic E-state index is 12.4. The number of nitrogens with one attached hydrogen (secondary N) is 3. The van der Waals surface area contributed by atoms with Gasteiger partial charge in [0.15, 0.2) is 11.5 Å². The van der Waals surface area contributed by atoms with Crippen molar-refractivity contribution in [1.82, 2.24) is 20.4 Å². The van der Waals surface area contributed by atoms with Crippen molar-refractivity contribution in [3.05, 3.63) is 59.8 Å². The van der Waals surface area contributed by atoms with Crippen LogP contribution in [-0.2, 0) is 22.6 Å². The highest BCUT2D eigenvalue weighted by Gasteiger charge is 2.16. The fraction of sp³-hybridized carbons (Fsp3) is 0.360. The zero-order valence-electron chi connectivity index (χ0n) is 19.0. The smallest absolute Gasteiger partial charge is 0.231 e. The number of hydrogen-bond acceptors (Lipinski definition) is 7. The summed E-state index contributed by atoms with van der Waals surface area (Å²) >= 11 is 0. The Morgan fingerprint density at radius 1 is 1.06 bits per heavy atom. The number of hydrogen-bond donors (Lipinski definition) is 3. The topological polar surface area (TPSA) is 101 Å². The quantitative estimate of drug-likeness (QED) is 0.449. The van der Waals surface area contributed by atoms with E-state index >= 15 is 0 Å². The van der Waals surface area contributed by atoms with E-state index in [2.05, 4.69) is 25.7 Å². The van der Waals surface area contributed by atoms with Crippen LogP contribution in [0.25, 0.3) is 11.3 Å². The summed E-state index contributed by atoms with van der Waals surface area (Å²) in [5.41, 5.74) is 4.92. The number of ether oxygens (including phenoxy) is 3. The molecule has 2 aromatic carbocycles. The Hall–Kier alpha value is -3.40. The van der Waals surface area contributed by atoms with Gasteiger partial charge in [-0.15, -0.1) is 0 Å². The van der Waals surface area contributed by atoms with Crippen LogP contribution in [0.2, 0.25) is 0 Å². The summed E-state index contributed by atoms with van der Waals surface area (Å²) in [6.45, 7) is 5.60. The molecule has 34 heavy (non-hydrogen) atoms. The third-order valence-corrected chi connectivity index (χ3v) is 5.99. The minimum Gasteiger partial charge on any atom is -0.454 e. The van der Waals surface area contributed by atoms with Crippen LogP contribution in [0.1, 0.15) is 17.5 Å². The minimum atomic E-state index is 0.0309. The number of aromatic nitrogens is 2. The van der Waals surface area contributed by atoms with Gasteiger partial charge in [0.1, 0.15) is 0 Å². The zero-order valence-corrected chi connectivity index (χ0v) is 19.0. The van der Waals surface area contributed by atoms with E-state index in [1.165, 1.54) is 0 Å². The Morgan fingerprint density at radius 3 is 2.85 bits per heavy atom. The highest BCUT2D eigenvalue weighted by molar-refractivity contribution is 5.90. The Bertz CT molecular complexity index is 1130. The lowest BCUT2D eigenvalue weighted by Crippen LogP contribution is -2.38. The molecule has 3 N–H and O–H groups in total. The molecule has 0 atom stereocenters. The monoisotopic (exact) mass is 463 g/mol. The second-order valence-electron chi connectivity index (χ2n) is 8.39. The average Bonchev–Trinajstić information content (AvgIpc) is 3.53. The van der Waals surface area contributed by atoms with Crippen LogP contribution in [0.5, 0.6) is 11.5 Å². The Kier molecular flexibility index (Phi) is 7.04. The van der Waals surface area contributed by atoms with Gasteiger partial charge in [-0.1, -0.05) is 12.1 Å². The standard InChI is InChI=1S/C25H29N5O4/c31-24(6-7-30-8-10-32-11-9-30)28-21-3-1-2-18(12-21)14-26-15-20-16-27-29-25(20)19-4-5-22-23(13-19)34-17-33-22/h1-5,12-13,16,26H,6-11,14-15,17H2,(H,27,29)(H,28,31). The number of benzene rings is 2. The van der Waals surface area contributed by atoms with Gasteiger partial charge in [0.05, 0.1) is 25.1 Å². The number of H-pyrrole nitrogens is 1. The van der Waals surface area contributed by atoms with Crippen molar-refractivity contribution < 1.29 is 19.0 Å². The van der Waals surface area contributed by atoms with Gasteiger partial charge in [0.25, 0.3) is 0 Å². The first-order chi connectivity index (χ1) is 16.7. The van der Waals surface area contributed by atoms with Crippen molar-refractivity contribution in [2.24, 2.45) is 0 Å². The summed E-state index contributed by atoms with van der Waals surface area (Å²) in [5.74, 6) is 1.54. The first kappa shape index (κ1) is 22.4. The number of aromatic amines is 1. The summed E-state index contributed by atoms with van der Waals surface area (Å²) in [6.07, 6.45) is 2.31. The van der Waals surface area contributed by atoms with Crippen LogP contribution in [0.4, 0.5) is 5.69 Å². The SMILES string of the molecule is O=C(CCN1CCOCC1)Nc1cccc(CNCc2cn[nH]c2-c2ccc3c(c2)OCO3)c1. The summed E-state index contributed by atoms with van der Waals surface area (Å²) in [5, 5.41) is 13.8. The van der Waals surface area contributed by atoms with Crippen molar-refractivity contribution in [3.63, 3.8) is 0 Å². The molecule has 9 heteroatoms. The van der Waals surface area contributed by atoms with Gasteiger partial charge in [-0.3, -0.25) is 14.8 Å². The average molecular weight is 464 g/mol. The van der Waals surface area contributed by atoms with Gasteiger partial charge in [0.2, 0.25) is 12.7 Å². The van der Waals surface area contributed by atoms with E-state index in [1.54, 1.807) is 0 Å². The van der Waals surface area contributed by atoms with Gasteiger partial charge in [0, 0.05) is 56.0 Å². The summed E-state index contributed by atoms with van der Waals surface area (Å²) in [7, 11) is 0. The van der Waals surface area contributed by atoms with E-state index in [4.69, 9.17) is 14.2 Å². The second-order valence-corrected chi connectivity index (χ2v) is 8.39. The number of rotatable bonds is 9. The van der Waals surface area contributed by atoms with E-state index in [-0.39, 0.29) is 12.7 Å². The zero-order chi connectivity index (χ0) is 23.2. The molecule has 1 aromatic heterocycles. The number of anilines is 1. The molecular formula is C25H29N5O4. The molecule has 2 aliphatic heterocycles. The van der Waals surface area contributed by atoms with E-state index in [9.17, 15) is 4.79 Å². The maximum Gasteiger partial charge on any atom is 0.231 e. The van der Waals surface area contributed by atoms with Gasteiger partial charge >= 0.3 is 0 Å². The molecule has 0 radical (unpaired) electrons. The number of carbonyl (C=O) groups is 1. The van der Waals surface area contributed by atoms with E-state index in [1.807, 2.05) is 48.7 Å². The third kappa shape index (κ3) is 5.56. The summed E-state index contributed by atoms with van der Waals surface area (Å²) in [4.78, 5) is 14.6. The molecule has 0 saturated carbocycles. The number of nitrogens with zero attached hydrogens (tertiary/aromatic N) is 2. The minimum absolute atomic E-state index is 0.0309. The third-order valence-electron chi connectivity index (χ3n) is 5.99. The number of morpholine rings is 1. The molecular weight excluding hydrogens is 434 g/mol. The normalized spacial score (nSPS) is 15.4. The van der Waals surface area contributed by atoms with Crippen molar-refractivity contribution in [1.29, 1.82) is 0 Å². The lowest BCUT2D eigenvalue weighted by atomic mass is 10.1. The molecule has 178 valence electrons. The first-order valence-electron chi connectivity index (χ1n) is 11.6. The van der Waals surface area contributed by atoms with Crippen molar-refractivity contribution in [2.75, 3.05) is 45.0 Å². The highest BCUT2D eigenvalue weighted by Crippen LogP contribution is 2.36. The lowest BCUT2D eigenvalue weighted by molar-refractivity contribution is -0.116.